The van der Waals surface area contributed by atoms with Crippen LogP contribution in [0.4, 0.5) is 0 Å². The average molecular weight is 232 g/mol. The highest BCUT2D eigenvalue weighted by Crippen LogP contribution is 2.36. The first-order valence-electron chi connectivity index (χ1n) is 3.91. The van der Waals surface area contributed by atoms with Crippen molar-refractivity contribution in [3.05, 3.63) is 35.4 Å². The van der Waals surface area contributed by atoms with Crippen LogP contribution in [0.2, 0.25) is 0 Å². The molecular formula is C8H9O6P. The van der Waals surface area contributed by atoms with Gasteiger partial charge in [-0.2, -0.15) is 0 Å². The van der Waals surface area contributed by atoms with Crippen LogP contribution in [0.25, 0.3) is 0 Å². The van der Waals surface area contributed by atoms with E-state index in [1.807, 2.05) is 6.92 Å². The van der Waals surface area contributed by atoms with Crippen LogP contribution in [0, 0.1) is 6.92 Å². The molecule has 0 unspecified atom stereocenters. The Kier molecular flexibility index (Phi) is 3.60. The van der Waals surface area contributed by atoms with Crippen LogP contribution < -0.4 is 0 Å². The lowest BCUT2D eigenvalue weighted by atomic mass is 10.2. The lowest BCUT2D eigenvalue weighted by Gasteiger charge is -2.03. The van der Waals surface area contributed by atoms with Gasteiger partial charge in [0, 0.05) is 0 Å². The van der Waals surface area contributed by atoms with Gasteiger partial charge in [0.15, 0.2) is 0 Å². The number of phosphoric acid groups is 1. The van der Waals surface area contributed by atoms with E-state index in [0.29, 0.717) is 0 Å². The summed E-state index contributed by atoms with van der Waals surface area (Å²) < 4.78 is 13.8. The van der Waals surface area contributed by atoms with Crippen molar-refractivity contribution in [2.75, 3.05) is 0 Å². The van der Waals surface area contributed by atoms with E-state index < -0.39 is 13.8 Å². The maximum Gasteiger partial charge on any atom is 0.505 e. The van der Waals surface area contributed by atoms with Crippen LogP contribution in [-0.4, -0.2) is 15.8 Å². The van der Waals surface area contributed by atoms with Gasteiger partial charge in [0.2, 0.25) is 0 Å². The van der Waals surface area contributed by atoms with Gasteiger partial charge in [-0.1, -0.05) is 22.4 Å². The Morgan fingerprint density at radius 1 is 1.27 bits per heavy atom. The summed E-state index contributed by atoms with van der Waals surface area (Å²) in [5.74, 6) is -0.960. The van der Waals surface area contributed by atoms with Crippen LogP contribution in [0.5, 0.6) is 0 Å². The summed E-state index contributed by atoms with van der Waals surface area (Å²) >= 11 is 0. The lowest BCUT2D eigenvalue weighted by Crippen LogP contribution is -2.04. The third-order valence-corrected chi connectivity index (χ3v) is 1.77. The molecule has 0 radical (unpaired) electrons. The van der Waals surface area contributed by atoms with Crippen molar-refractivity contribution < 1.29 is 28.7 Å². The second-order valence-corrected chi connectivity index (χ2v) is 3.93. The largest absolute Gasteiger partial charge is 0.505 e. The van der Waals surface area contributed by atoms with E-state index in [1.165, 1.54) is 12.1 Å². The molecule has 0 aromatic heterocycles. The van der Waals surface area contributed by atoms with Crippen LogP contribution in [-0.2, 0) is 14.1 Å². The molecule has 1 aromatic rings. The van der Waals surface area contributed by atoms with Crippen LogP contribution >= 0.6 is 7.82 Å². The van der Waals surface area contributed by atoms with Gasteiger partial charge in [0.05, 0.1) is 5.56 Å². The molecule has 1 aromatic carbocycles. The fraction of sp³-hybridized carbons (Fsp3) is 0.125. The zero-order valence-electron chi connectivity index (χ0n) is 7.78. The van der Waals surface area contributed by atoms with Gasteiger partial charge >= 0.3 is 13.8 Å². The molecule has 0 spiro atoms. The number of aryl methyl sites for hydroxylation is 1. The molecule has 6 nitrogen and oxygen atoms in total. The summed E-state index contributed by atoms with van der Waals surface area (Å²) in [5, 5.41) is 0. The molecule has 0 fully saturated rings. The molecule has 2 N–H and O–H groups in total. The maximum absolute atomic E-state index is 11.1. The van der Waals surface area contributed by atoms with E-state index in [4.69, 9.17) is 9.79 Å². The smallest absolute Gasteiger partial charge is 0.301 e. The normalized spacial score (nSPS) is 11.1. The quantitative estimate of drug-likeness (QED) is 0.461. The minimum atomic E-state index is -4.79. The van der Waals surface area contributed by atoms with Gasteiger partial charge in [0.1, 0.15) is 0 Å². The third kappa shape index (κ3) is 4.22. The molecule has 7 heteroatoms. The third-order valence-electron chi connectivity index (χ3n) is 1.50. The van der Waals surface area contributed by atoms with Gasteiger partial charge in [-0.05, 0) is 19.1 Å². The molecule has 0 bridgehead atoms. The zero-order valence-corrected chi connectivity index (χ0v) is 8.68. The molecule has 0 amide bonds. The summed E-state index contributed by atoms with van der Waals surface area (Å²) in [5.41, 5.74) is 1.09. The Morgan fingerprint density at radius 3 is 2.27 bits per heavy atom. The van der Waals surface area contributed by atoms with Crippen molar-refractivity contribution >= 4 is 13.8 Å². The highest BCUT2D eigenvalue weighted by Gasteiger charge is 2.19. The summed E-state index contributed by atoms with van der Waals surface area (Å²) in [6.45, 7) is 1.83. The van der Waals surface area contributed by atoms with Gasteiger partial charge in [0.25, 0.3) is 0 Å². The molecule has 0 heterocycles. The highest BCUT2D eigenvalue weighted by molar-refractivity contribution is 7.46. The van der Waals surface area contributed by atoms with E-state index in [2.05, 4.69) is 9.56 Å². The lowest BCUT2D eigenvalue weighted by molar-refractivity contribution is -0.166. The Labute approximate surface area is 85.6 Å². The second-order valence-electron chi connectivity index (χ2n) is 2.80. The van der Waals surface area contributed by atoms with Crippen LogP contribution in [0.15, 0.2) is 24.3 Å². The molecule has 0 saturated heterocycles. The van der Waals surface area contributed by atoms with Crippen molar-refractivity contribution in [2.45, 2.75) is 6.92 Å². The van der Waals surface area contributed by atoms with Crippen molar-refractivity contribution in [2.24, 2.45) is 0 Å². The van der Waals surface area contributed by atoms with Crippen molar-refractivity contribution in [3.8, 4) is 0 Å². The van der Waals surface area contributed by atoms with Gasteiger partial charge < -0.3 is 9.79 Å². The Morgan fingerprint density at radius 2 is 1.80 bits per heavy atom. The zero-order chi connectivity index (χ0) is 11.5. The standard InChI is InChI=1S/C8H9O6P/c1-6-2-4-7(5-3-6)8(9)13-14-15(10,11)12/h2-5H,1H3,(H2,10,11,12). The second kappa shape index (κ2) is 4.55. The first-order valence-corrected chi connectivity index (χ1v) is 5.44. The molecule has 1 rings (SSSR count). The summed E-state index contributed by atoms with van der Waals surface area (Å²) in [4.78, 5) is 31.6. The summed E-state index contributed by atoms with van der Waals surface area (Å²) in [7, 11) is -4.79. The van der Waals surface area contributed by atoms with E-state index in [0.717, 1.165) is 5.56 Å². The minimum absolute atomic E-state index is 0.147. The Balaban J connectivity index is 2.62. The van der Waals surface area contributed by atoms with E-state index in [9.17, 15) is 9.36 Å². The van der Waals surface area contributed by atoms with Crippen molar-refractivity contribution in [1.82, 2.24) is 0 Å². The average Bonchev–Trinajstić information content (AvgIpc) is 2.14. The van der Waals surface area contributed by atoms with E-state index in [-0.39, 0.29) is 5.56 Å². The van der Waals surface area contributed by atoms with Gasteiger partial charge in [-0.15, -0.1) is 0 Å². The number of rotatable bonds is 3. The van der Waals surface area contributed by atoms with E-state index >= 15 is 0 Å². The first kappa shape index (κ1) is 11.9. The molecule has 15 heavy (non-hydrogen) atoms. The molecule has 82 valence electrons. The van der Waals surface area contributed by atoms with Crippen molar-refractivity contribution in [3.63, 3.8) is 0 Å². The topological polar surface area (TPSA) is 93.1 Å². The number of carbonyl (C=O) groups is 1. The SMILES string of the molecule is Cc1ccc(C(=O)OOP(=O)(O)O)cc1. The highest BCUT2D eigenvalue weighted by atomic mass is 31.2. The Bertz CT molecular complexity index is 392. The van der Waals surface area contributed by atoms with E-state index in [1.54, 1.807) is 12.1 Å². The predicted molar refractivity (Wildman–Crippen MR) is 49.7 cm³/mol. The molecule has 0 atom stereocenters. The van der Waals surface area contributed by atoms with Gasteiger partial charge in [-0.25, -0.2) is 9.36 Å². The van der Waals surface area contributed by atoms with Crippen LogP contribution in [0.1, 0.15) is 15.9 Å². The molecular weight excluding hydrogens is 223 g/mol. The number of hydrogen-bond acceptors (Lipinski definition) is 4. The minimum Gasteiger partial charge on any atom is -0.301 e. The van der Waals surface area contributed by atoms with Crippen molar-refractivity contribution in [1.29, 1.82) is 0 Å². The monoisotopic (exact) mass is 232 g/mol. The number of benzene rings is 1. The van der Waals surface area contributed by atoms with Gasteiger partial charge in [-0.3, -0.25) is 4.89 Å². The fourth-order valence-corrected chi connectivity index (χ4v) is 0.985. The summed E-state index contributed by atoms with van der Waals surface area (Å²) in [6.07, 6.45) is 0. The Hall–Kier alpha value is -1.20. The molecule has 0 saturated carbocycles. The predicted octanol–water partition coefficient (Wildman–Crippen LogP) is 1.18. The number of hydrogen-bond donors (Lipinski definition) is 2. The molecule has 0 aliphatic rings. The molecule has 0 aliphatic heterocycles. The summed E-state index contributed by atoms with van der Waals surface area (Å²) in [6, 6.07) is 6.24. The number of carbonyl (C=O) groups excluding carboxylic acids is 1. The van der Waals surface area contributed by atoms with Crippen LogP contribution in [0.3, 0.4) is 0 Å². The molecule has 0 aliphatic carbocycles. The first-order chi connectivity index (χ1) is 6.88. The fourth-order valence-electron chi connectivity index (χ4n) is 0.820. The maximum atomic E-state index is 11.1.